The van der Waals surface area contributed by atoms with Gasteiger partial charge in [0.05, 0.1) is 36.5 Å². The normalized spacial score (nSPS) is 16.1. The second-order valence-corrected chi connectivity index (χ2v) is 6.84. The molecule has 3 rings (SSSR count). The highest BCUT2D eigenvalue weighted by Gasteiger charge is 2.37. The lowest BCUT2D eigenvalue weighted by molar-refractivity contribution is -0.126. The third-order valence-electron chi connectivity index (χ3n) is 4.66. The van der Waals surface area contributed by atoms with Crippen molar-refractivity contribution in [3.8, 4) is 11.5 Å². The monoisotopic (exact) mass is 403 g/mol. The first kappa shape index (κ1) is 19.8. The molecule has 1 N–H and O–H groups in total. The second kappa shape index (κ2) is 8.39. The molecule has 2 amide bonds. The van der Waals surface area contributed by atoms with Gasteiger partial charge in [0.25, 0.3) is 0 Å². The molecule has 28 heavy (non-hydrogen) atoms. The SMILES string of the molecule is COc1cc(OC)c(N2CC(C(=O)NN(C)c3ccccc3)CC2=O)cc1Cl. The van der Waals surface area contributed by atoms with Gasteiger partial charge in [-0.25, -0.2) is 0 Å². The van der Waals surface area contributed by atoms with Gasteiger partial charge in [-0.05, 0) is 18.2 Å². The molecule has 1 unspecified atom stereocenters. The molecule has 1 heterocycles. The molecule has 0 saturated carbocycles. The fourth-order valence-electron chi connectivity index (χ4n) is 3.14. The van der Waals surface area contributed by atoms with Crippen LogP contribution in [0.5, 0.6) is 11.5 Å². The van der Waals surface area contributed by atoms with Crippen molar-refractivity contribution in [3.63, 3.8) is 0 Å². The van der Waals surface area contributed by atoms with E-state index in [-0.39, 0.29) is 24.8 Å². The van der Waals surface area contributed by atoms with Gasteiger partial charge in [-0.1, -0.05) is 29.8 Å². The number of ether oxygens (including phenoxy) is 2. The number of carbonyl (C=O) groups excluding carboxylic acids is 2. The Bertz CT molecular complexity index is 875. The number of benzene rings is 2. The quantitative estimate of drug-likeness (QED) is 0.751. The molecule has 1 aliphatic heterocycles. The number of amides is 2. The van der Waals surface area contributed by atoms with Crippen molar-refractivity contribution in [1.82, 2.24) is 5.43 Å². The van der Waals surface area contributed by atoms with Crippen LogP contribution < -0.4 is 24.8 Å². The molecule has 0 aliphatic carbocycles. The van der Waals surface area contributed by atoms with E-state index in [1.54, 1.807) is 24.2 Å². The van der Waals surface area contributed by atoms with Gasteiger partial charge in [0.1, 0.15) is 11.5 Å². The van der Waals surface area contributed by atoms with Gasteiger partial charge in [0, 0.05) is 26.1 Å². The summed E-state index contributed by atoms with van der Waals surface area (Å²) >= 11 is 6.22. The lowest BCUT2D eigenvalue weighted by Gasteiger charge is -2.23. The average Bonchev–Trinajstić information content (AvgIpc) is 3.10. The van der Waals surface area contributed by atoms with Crippen LogP contribution in [-0.2, 0) is 9.59 Å². The molecular formula is C20H22ClN3O4. The summed E-state index contributed by atoms with van der Waals surface area (Å²) in [5.41, 5.74) is 4.19. The van der Waals surface area contributed by atoms with E-state index in [9.17, 15) is 9.59 Å². The Morgan fingerprint density at radius 3 is 2.50 bits per heavy atom. The Morgan fingerprint density at radius 1 is 1.18 bits per heavy atom. The van der Waals surface area contributed by atoms with E-state index in [2.05, 4.69) is 5.43 Å². The summed E-state index contributed by atoms with van der Waals surface area (Å²) in [6.07, 6.45) is 0.112. The average molecular weight is 404 g/mol. The largest absolute Gasteiger partial charge is 0.495 e. The maximum atomic E-state index is 12.7. The fraction of sp³-hybridized carbons (Fsp3) is 0.300. The predicted octanol–water partition coefficient (Wildman–Crippen LogP) is 2.88. The molecule has 2 aromatic rings. The summed E-state index contributed by atoms with van der Waals surface area (Å²) < 4.78 is 10.6. The number of hydrogen-bond donors (Lipinski definition) is 1. The molecular weight excluding hydrogens is 382 g/mol. The van der Waals surface area contributed by atoms with Crippen molar-refractivity contribution in [2.24, 2.45) is 5.92 Å². The van der Waals surface area contributed by atoms with Crippen LogP contribution in [0.1, 0.15) is 6.42 Å². The van der Waals surface area contributed by atoms with E-state index in [1.165, 1.54) is 19.1 Å². The van der Waals surface area contributed by atoms with Crippen molar-refractivity contribution < 1.29 is 19.1 Å². The summed E-state index contributed by atoms with van der Waals surface area (Å²) in [6, 6.07) is 12.7. The lowest BCUT2D eigenvalue weighted by Crippen LogP contribution is -2.43. The zero-order valence-electron chi connectivity index (χ0n) is 15.9. The Kier molecular flexibility index (Phi) is 5.94. The van der Waals surface area contributed by atoms with Gasteiger partial charge in [-0.2, -0.15) is 0 Å². The van der Waals surface area contributed by atoms with Crippen molar-refractivity contribution in [3.05, 3.63) is 47.5 Å². The van der Waals surface area contributed by atoms with Gasteiger partial charge in [0.2, 0.25) is 11.8 Å². The summed E-state index contributed by atoms with van der Waals surface area (Å²) in [5.74, 6) is 0.0387. The molecule has 0 spiro atoms. The molecule has 0 bridgehead atoms. The first-order valence-electron chi connectivity index (χ1n) is 8.75. The molecule has 0 aromatic heterocycles. The Labute approximate surface area is 168 Å². The standard InChI is InChI=1S/C20H22ClN3O4/c1-23(14-7-5-4-6-8-14)22-20(26)13-9-19(25)24(12-13)16-10-15(21)17(27-2)11-18(16)28-3/h4-8,10-11,13H,9,12H2,1-3H3,(H,22,26). The van der Waals surface area contributed by atoms with Crippen LogP contribution in [0.25, 0.3) is 0 Å². The number of hydrazine groups is 1. The van der Waals surface area contributed by atoms with E-state index in [0.29, 0.717) is 22.2 Å². The van der Waals surface area contributed by atoms with E-state index >= 15 is 0 Å². The highest BCUT2D eigenvalue weighted by molar-refractivity contribution is 6.32. The van der Waals surface area contributed by atoms with Gasteiger partial charge in [0.15, 0.2) is 0 Å². The van der Waals surface area contributed by atoms with Crippen LogP contribution in [0.4, 0.5) is 11.4 Å². The highest BCUT2D eigenvalue weighted by Crippen LogP contribution is 2.40. The predicted molar refractivity (Wildman–Crippen MR) is 108 cm³/mol. The number of methoxy groups -OCH3 is 2. The van der Waals surface area contributed by atoms with Crippen molar-refractivity contribution in [2.75, 3.05) is 37.7 Å². The fourth-order valence-corrected chi connectivity index (χ4v) is 3.38. The number of para-hydroxylation sites is 1. The van der Waals surface area contributed by atoms with E-state index < -0.39 is 5.92 Å². The lowest BCUT2D eigenvalue weighted by atomic mass is 10.1. The van der Waals surface area contributed by atoms with Gasteiger partial charge >= 0.3 is 0 Å². The van der Waals surface area contributed by atoms with Crippen LogP contribution in [0.2, 0.25) is 5.02 Å². The van der Waals surface area contributed by atoms with Crippen molar-refractivity contribution in [1.29, 1.82) is 0 Å². The van der Waals surface area contributed by atoms with Crippen LogP contribution >= 0.6 is 11.6 Å². The topological polar surface area (TPSA) is 71.1 Å². The molecule has 1 fully saturated rings. The minimum Gasteiger partial charge on any atom is -0.495 e. The minimum absolute atomic E-state index is 0.112. The number of anilines is 2. The molecule has 8 heteroatoms. The highest BCUT2D eigenvalue weighted by atomic mass is 35.5. The molecule has 148 valence electrons. The number of hydrogen-bond acceptors (Lipinski definition) is 5. The third kappa shape index (κ3) is 3.99. The van der Waals surface area contributed by atoms with Gasteiger partial charge < -0.3 is 14.4 Å². The summed E-state index contributed by atoms with van der Waals surface area (Å²) in [7, 11) is 4.77. The van der Waals surface area contributed by atoms with Crippen molar-refractivity contribution >= 4 is 34.8 Å². The molecule has 7 nitrogen and oxygen atoms in total. The van der Waals surface area contributed by atoms with E-state index in [4.69, 9.17) is 21.1 Å². The van der Waals surface area contributed by atoms with E-state index in [1.807, 2.05) is 30.3 Å². The maximum absolute atomic E-state index is 12.7. The number of halogens is 1. The van der Waals surface area contributed by atoms with Crippen molar-refractivity contribution in [2.45, 2.75) is 6.42 Å². The van der Waals surface area contributed by atoms with Crippen LogP contribution in [0.15, 0.2) is 42.5 Å². The molecule has 2 aromatic carbocycles. The smallest absolute Gasteiger partial charge is 0.243 e. The summed E-state index contributed by atoms with van der Waals surface area (Å²) in [4.78, 5) is 26.8. The Balaban J connectivity index is 1.75. The Morgan fingerprint density at radius 2 is 1.86 bits per heavy atom. The summed E-state index contributed by atoms with van der Waals surface area (Å²) in [5, 5.41) is 2.00. The first-order chi connectivity index (χ1) is 13.4. The third-order valence-corrected chi connectivity index (χ3v) is 4.96. The van der Waals surface area contributed by atoms with Crippen LogP contribution in [0, 0.1) is 5.92 Å². The molecule has 1 saturated heterocycles. The Hall–Kier alpha value is -2.93. The van der Waals surface area contributed by atoms with Crippen LogP contribution in [-0.4, -0.2) is 39.6 Å². The molecule has 1 aliphatic rings. The number of carbonyl (C=O) groups is 2. The zero-order valence-corrected chi connectivity index (χ0v) is 16.7. The second-order valence-electron chi connectivity index (χ2n) is 6.43. The molecule has 1 atom stereocenters. The zero-order chi connectivity index (χ0) is 20.3. The number of nitrogens with zero attached hydrogens (tertiary/aromatic N) is 2. The van der Waals surface area contributed by atoms with Gasteiger partial charge in [-0.15, -0.1) is 0 Å². The van der Waals surface area contributed by atoms with Gasteiger partial charge in [-0.3, -0.25) is 20.0 Å². The number of rotatable bonds is 6. The maximum Gasteiger partial charge on any atom is 0.243 e. The van der Waals surface area contributed by atoms with E-state index in [0.717, 1.165) is 5.69 Å². The summed E-state index contributed by atoms with van der Waals surface area (Å²) in [6.45, 7) is 0.242. The molecule has 0 radical (unpaired) electrons. The van der Waals surface area contributed by atoms with Crippen LogP contribution in [0.3, 0.4) is 0 Å². The number of nitrogens with one attached hydrogen (secondary N) is 1. The minimum atomic E-state index is -0.482. The first-order valence-corrected chi connectivity index (χ1v) is 9.13.